The third kappa shape index (κ3) is 3.59. The molecule has 0 aliphatic carbocycles. The van der Waals surface area contributed by atoms with Crippen LogP contribution in [0.2, 0.25) is 0 Å². The fourth-order valence-corrected chi connectivity index (χ4v) is 2.03. The Bertz CT molecular complexity index is 656. The van der Waals surface area contributed by atoms with Crippen LogP contribution in [0.3, 0.4) is 0 Å². The Kier molecular flexibility index (Phi) is 4.75. The molecular formula is C15H14N4S. The predicted molar refractivity (Wildman–Crippen MR) is 83.8 cm³/mol. The first-order valence-corrected chi connectivity index (χ1v) is 7.26. The summed E-state index contributed by atoms with van der Waals surface area (Å²) < 4.78 is 0. The summed E-state index contributed by atoms with van der Waals surface area (Å²) in [6.07, 6.45) is 5.55. The van der Waals surface area contributed by atoms with Crippen molar-refractivity contribution in [3.63, 3.8) is 0 Å². The Labute approximate surface area is 122 Å². The number of aromatic nitrogens is 1. The Morgan fingerprint density at radius 3 is 2.65 bits per heavy atom. The molecule has 0 aliphatic rings. The zero-order valence-electron chi connectivity index (χ0n) is 11.3. The van der Waals surface area contributed by atoms with E-state index in [0.29, 0.717) is 5.17 Å². The van der Waals surface area contributed by atoms with Gasteiger partial charge in [-0.2, -0.15) is 5.26 Å². The van der Waals surface area contributed by atoms with Crippen LogP contribution in [0.25, 0.3) is 11.3 Å². The van der Waals surface area contributed by atoms with E-state index in [0.717, 1.165) is 16.9 Å². The van der Waals surface area contributed by atoms with Gasteiger partial charge in [0, 0.05) is 11.8 Å². The molecule has 1 heterocycles. The second-order valence-electron chi connectivity index (χ2n) is 4.12. The third-order valence-electron chi connectivity index (χ3n) is 2.67. The maximum absolute atomic E-state index is 8.60. The molecule has 2 aromatic rings. The van der Waals surface area contributed by atoms with Crippen molar-refractivity contribution < 1.29 is 0 Å². The van der Waals surface area contributed by atoms with Gasteiger partial charge in [-0.05, 0) is 43.0 Å². The highest BCUT2D eigenvalue weighted by atomic mass is 32.2. The molecule has 1 aromatic heterocycles. The number of pyridine rings is 1. The number of aryl methyl sites for hydroxylation is 1. The van der Waals surface area contributed by atoms with Crippen LogP contribution in [-0.4, -0.2) is 16.4 Å². The number of thioether (sulfide) groups is 1. The minimum Gasteiger partial charge on any atom is -0.271 e. The van der Waals surface area contributed by atoms with Crippen LogP contribution in [0.15, 0.2) is 47.6 Å². The fraction of sp³-hybridized carbons (Fsp3) is 0.133. The average molecular weight is 282 g/mol. The number of rotatable bonds is 2. The van der Waals surface area contributed by atoms with E-state index in [1.807, 2.05) is 55.8 Å². The van der Waals surface area contributed by atoms with Crippen molar-refractivity contribution in [2.75, 3.05) is 6.26 Å². The van der Waals surface area contributed by atoms with Crippen LogP contribution in [-0.2, 0) is 0 Å². The first kappa shape index (κ1) is 14.1. The number of benzene rings is 1. The Morgan fingerprint density at radius 1 is 1.30 bits per heavy atom. The molecular weight excluding hydrogens is 268 g/mol. The van der Waals surface area contributed by atoms with Crippen molar-refractivity contribution in [2.45, 2.75) is 6.92 Å². The van der Waals surface area contributed by atoms with Crippen molar-refractivity contribution in [1.29, 1.82) is 5.26 Å². The molecule has 0 amide bonds. The van der Waals surface area contributed by atoms with E-state index in [9.17, 15) is 0 Å². The molecule has 0 saturated carbocycles. The van der Waals surface area contributed by atoms with Gasteiger partial charge in [0.1, 0.15) is 0 Å². The van der Waals surface area contributed by atoms with Crippen LogP contribution in [0.1, 0.15) is 5.56 Å². The third-order valence-corrected chi connectivity index (χ3v) is 3.25. The highest BCUT2D eigenvalue weighted by molar-refractivity contribution is 8.13. The first-order valence-electron chi connectivity index (χ1n) is 6.04. The van der Waals surface area contributed by atoms with Gasteiger partial charge in [-0.15, -0.1) is 0 Å². The smallest absolute Gasteiger partial charge is 0.183 e. The van der Waals surface area contributed by atoms with Crippen LogP contribution in [0.5, 0.6) is 0 Å². The monoisotopic (exact) mass is 282 g/mol. The minimum atomic E-state index is 0.578. The van der Waals surface area contributed by atoms with E-state index in [1.54, 1.807) is 6.20 Å². The van der Waals surface area contributed by atoms with Crippen molar-refractivity contribution in [3.05, 3.63) is 48.2 Å². The minimum absolute atomic E-state index is 0.578. The molecule has 100 valence electrons. The topological polar surface area (TPSA) is 61.1 Å². The molecule has 1 aromatic carbocycles. The highest BCUT2D eigenvalue weighted by Crippen LogP contribution is 2.22. The van der Waals surface area contributed by atoms with Gasteiger partial charge < -0.3 is 0 Å². The molecule has 0 atom stereocenters. The van der Waals surface area contributed by atoms with Crippen molar-refractivity contribution in [3.8, 4) is 17.5 Å². The summed E-state index contributed by atoms with van der Waals surface area (Å²) in [7, 11) is 0. The van der Waals surface area contributed by atoms with E-state index in [4.69, 9.17) is 5.26 Å². The van der Waals surface area contributed by atoms with E-state index in [1.165, 1.54) is 17.3 Å². The average Bonchev–Trinajstić information content (AvgIpc) is 2.47. The molecule has 1 N–H and O–H groups in total. The number of amidine groups is 1. The van der Waals surface area contributed by atoms with Crippen molar-refractivity contribution in [1.82, 2.24) is 10.3 Å². The van der Waals surface area contributed by atoms with Gasteiger partial charge in [-0.1, -0.05) is 23.9 Å². The van der Waals surface area contributed by atoms with Crippen molar-refractivity contribution >= 4 is 22.6 Å². The molecule has 0 saturated heterocycles. The number of nitrogens with zero attached hydrogens (tertiary/aromatic N) is 3. The lowest BCUT2D eigenvalue weighted by Gasteiger charge is -2.03. The number of hydrogen-bond donors (Lipinski definition) is 1. The van der Waals surface area contributed by atoms with Crippen LogP contribution >= 0.6 is 11.8 Å². The summed E-state index contributed by atoms with van der Waals surface area (Å²) >= 11 is 1.40. The maximum atomic E-state index is 8.60. The standard InChI is InChI=1S/C15H14N4S/c1-11-7-8-17-14(9-11)12-3-5-13(6-4-12)19-15(20-2)18-10-16/h3-9H,1-2H3,(H,18,19). The number of aliphatic imine (C=N–C) groups is 1. The predicted octanol–water partition coefficient (Wildman–Crippen LogP) is 3.48. The van der Waals surface area contributed by atoms with E-state index in [2.05, 4.69) is 15.3 Å². The molecule has 0 aliphatic heterocycles. The zero-order valence-corrected chi connectivity index (χ0v) is 12.1. The van der Waals surface area contributed by atoms with Gasteiger partial charge in [-0.25, -0.2) is 4.99 Å². The summed E-state index contributed by atoms with van der Waals surface area (Å²) in [6.45, 7) is 2.04. The fourth-order valence-electron chi connectivity index (χ4n) is 1.69. The summed E-state index contributed by atoms with van der Waals surface area (Å²) in [5.41, 5.74) is 3.97. The van der Waals surface area contributed by atoms with Gasteiger partial charge in [0.15, 0.2) is 11.4 Å². The van der Waals surface area contributed by atoms with E-state index in [-0.39, 0.29) is 0 Å². The summed E-state index contributed by atoms with van der Waals surface area (Å²) in [4.78, 5) is 8.70. The van der Waals surface area contributed by atoms with E-state index < -0.39 is 0 Å². The maximum Gasteiger partial charge on any atom is 0.183 e. The Morgan fingerprint density at radius 2 is 2.05 bits per heavy atom. The normalized spacial score (nSPS) is 10.9. The molecule has 0 fully saturated rings. The highest BCUT2D eigenvalue weighted by Gasteiger charge is 2.00. The van der Waals surface area contributed by atoms with Gasteiger partial charge >= 0.3 is 0 Å². The van der Waals surface area contributed by atoms with Gasteiger partial charge in [0.05, 0.1) is 11.4 Å². The van der Waals surface area contributed by atoms with Crippen LogP contribution < -0.4 is 5.32 Å². The number of nitriles is 1. The van der Waals surface area contributed by atoms with Crippen LogP contribution in [0, 0.1) is 18.4 Å². The lowest BCUT2D eigenvalue weighted by atomic mass is 10.1. The Hall–Kier alpha value is -2.32. The number of hydrogen-bond acceptors (Lipinski definition) is 4. The molecule has 0 spiro atoms. The van der Waals surface area contributed by atoms with Gasteiger partial charge in [0.25, 0.3) is 0 Å². The molecule has 4 nitrogen and oxygen atoms in total. The Balaban J connectivity index is 2.25. The molecule has 0 bridgehead atoms. The molecule has 0 unspecified atom stereocenters. The number of nitrogens with one attached hydrogen (secondary N) is 1. The molecule has 2 rings (SSSR count). The lowest BCUT2D eigenvalue weighted by molar-refractivity contribution is 1.27. The second-order valence-corrected chi connectivity index (χ2v) is 4.92. The summed E-state index contributed by atoms with van der Waals surface area (Å²) in [5.74, 6) is 0. The first-order chi connectivity index (χ1) is 9.72. The van der Waals surface area contributed by atoms with E-state index >= 15 is 0 Å². The molecule has 5 heteroatoms. The molecule has 20 heavy (non-hydrogen) atoms. The summed E-state index contributed by atoms with van der Waals surface area (Å²) in [6, 6.07) is 11.8. The second kappa shape index (κ2) is 6.73. The van der Waals surface area contributed by atoms with Crippen molar-refractivity contribution in [2.24, 2.45) is 4.99 Å². The van der Waals surface area contributed by atoms with Gasteiger partial charge in [-0.3, -0.25) is 10.3 Å². The molecule has 0 radical (unpaired) electrons. The quantitative estimate of drug-likeness (QED) is 0.396. The van der Waals surface area contributed by atoms with Gasteiger partial charge in [0.2, 0.25) is 0 Å². The van der Waals surface area contributed by atoms with Crippen LogP contribution in [0.4, 0.5) is 5.69 Å². The largest absolute Gasteiger partial charge is 0.271 e. The SMILES string of the molecule is CSC(=Nc1ccc(-c2cc(C)ccn2)cc1)NC#N. The summed E-state index contributed by atoms with van der Waals surface area (Å²) in [5, 5.41) is 11.7. The zero-order chi connectivity index (χ0) is 14.4. The lowest BCUT2D eigenvalue weighted by Crippen LogP contribution is -2.12.